The smallest absolute Gasteiger partial charge is 0.326 e. The highest BCUT2D eigenvalue weighted by atomic mass is 35.5. The van der Waals surface area contributed by atoms with E-state index in [9.17, 15) is 19.5 Å². The van der Waals surface area contributed by atoms with Crippen LogP contribution in [-0.2, 0) is 20.8 Å². The molecule has 25 heavy (non-hydrogen) atoms. The van der Waals surface area contributed by atoms with Crippen molar-refractivity contribution in [1.82, 2.24) is 10.2 Å². The van der Waals surface area contributed by atoms with Gasteiger partial charge >= 0.3 is 5.97 Å². The SMILES string of the molecule is CCOc1c(Cl)cccc1CC(=O)N(CCNC(C)=O)C(C)C(=O)O. The number of hydrogen-bond donors (Lipinski definition) is 2. The van der Waals surface area contributed by atoms with Crippen molar-refractivity contribution in [2.24, 2.45) is 0 Å². The normalized spacial score (nSPS) is 11.5. The highest BCUT2D eigenvalue weighted by molar-refractivity contribution is 6.32. The van der Waals surface area contributed by atoms with Gasteiger partial charge in [-0.2, -0.15) is 0 Å². The summed E-state index contributed by atoms with van der Waals surface area (Å²) in [5.41, 5.74) is 0.585. The summed E-state index contributed by atoms with van der Waals surface area (Å²) in [6, 6.07) is 4.06. The van der Waals surface area contributed by atoms with Gasteiger partial charge in [-0.15, -0.1) is 0 Å². The summed E-state index contributed by atoms with van der Waals surface area (Å²) < 4.78 is 5.49. The summed E-state index contributed by atoms with van der Waals surface area (Å²) in [5.74, 6) is -1.33. The minimum Gasteiger partial charge on any atom is -0.492 e. The Morgan fingerprint density at radius 3 is 2.60 bits per heavy atom. The zero-order valence-corrected chi connectivity index (χ0v) is 15.3. The molecule has 1 unspecified atom stereocenters. The standard InChI is InChI=1S/C17H23ClN2O5/c1-4-25-16-13(6-5-7-14(16)18)10-15(22)20(11(2)17(23)24)9-8-19-12(3)21/h5-7,11H,4,8-10H2,1-3H3,(H,19,21)(H,23,24). The topological polar surface area (TPSA) is 95.9 Å². The number of halogens is 1. The lowest BCUT2D eigenvalue weighted by atomic mass is 10.1. The Labute approximate surface area is 151 Å². The number of ether oxygens (including phenoxy) is 1. The zero-order valence-electron chi connectivity index (χ0n) is 14.5. The number of para-hydroxylation sites is 1. The Morgan fingerprint density at radius 1 is 1.36 bits per heavy atom. The number of nitrogens with zero attached hydrogens (tertiary/aromatic N) is 1. The molecule has 0 spiro atoms. The maximum atomic E-state index is 12.7. The first-order valence-corrected chi connectivity index (χ1v) is 8.32. The number of nitrogens with one attached hydrogen (secondary N) is 1. The summed E-state index contributed by atoms with van der Waals surface area (Å²) >= 11 is 6.11. The number of carboxylic acid groups (broad SMARTS) is 1. The minimum atomic E-state index is -1.12. The van der Waals surface area contributed by atoms with E-state index in [0.717, 1.165) is 0 Å². The molecular weight excluding hydrogens is 348 g/mol. The third kappa shape index (κ3) is 6.26. The molecule has 0 fully saturated rings. The van der Waals surface area contributed by atoms with Crippen molar-refractivity contribution in [3.63, 3.8) is 0 Å². The van der Waals surface area contributed by atoms with Crippen molar-refractivity contribution in [2.75, 3.05) is 19.7 Å². The maximum Gasteiger partial charge on any atom is 0.326 e. The van der Waals surface area contributed by atoms with Crippen LogP contribution in [0.3, 0.4) is 0 Å². The van der Waals surface area contributed by atoms with Crippen LogP contribution < -0.4 is 10.1 Å². The van der Waals surface area contributed by atoms with Crippen molar-refractivity contribution < 1.29 is 24.2 Å². The predicted octanol–water partition coefficient (Wildman–Crippen LogP) is 1.72. The van der Waals surface area contributed by atoms with Crippen molar-refractivity contribution in [3.05, 3.63) is 28.8 Å². The molecule has 2 N–H and O–H groups in total. The first-order chi connectivity index (χ1) is 11.8. The molecule has 138 valence electrons. The Hall–Kier alpha value is -2.28. The fourth-order valence-corrected chi connectivity index (χ4v) is 2.53. The van der Waals surface area contributed by atoms with E-state index in [-0.39, 0.29) is 31.3 Å². The van der Waals surface area contributed by atoms with Crippen molar-refractivity contribution >= 4 is 29.4 Å². The Morgan fingerprint density at radius 2 is 2.04 bits per heavy atom. The Kier molecular flexibility index (Phi) is 8.21. The molecule has 2 amide bonds. The highest BCUT2D eigenvalue weighted by Gasteiger charge is 2.26. The number of carbonyl (C=O) groups is 3. The number of amides is 2. The van der Waals surface area contributed by atoms with Crippen LogP contribution in [0.25, 0.3) is 0 Å². The molecule has 0 radical (unpaired) electrons. The highest BCUT2D eigenvalue weighted by Crippen LogP contribution is 2.29. The molecule has 1 atom stereocenters. The maximum absolute atomic E-state index is 12.7. The Balaban J connectivity index is 2.96. The second-order valence-electron chi connectivity index (χ2n) is 5.42. The van der Waals surface area contributed by atoms with Crippen LogP contribution in [0.4, 0.5) is 0 Å². The molecule has 0 saturated heterocycles. The molecular formula is C17H23ClN2O5. The summed E-state index contributed by atoms with van der Waals surface area (Å²) in [5, 5.41) is 12.2. The van der Waals surface area contributed by atoms with E-state index in [4.69, 9.17) is 16.3 Å². The molecule has 0 aliphatic heterocycles. The summed E-state index contributed by atoms with van der Waals surface area (Å²) in [6.45, 7) is 5.25. The van der Waals surface area contributed by atoms with Gasteiger partial charge in [-0.25, -0.2) is 4.79 Å². The first kappa shape index (κ1) is 20.8. The van der Waals surface area contributed by atoms with Gasteiger partial charge in [0.25, 0.3) is 0 Å². The fourth-order valence-electron chi connectivity index (χ4n) is 2.28. The van der Waals surface area contributed by atoms with Crippen molar-refractivity contribution in [1.29, 1.82) is 0 Å². The van der Waals surface area contributed by atoms with Gasteiger partial charge < -0.3 is 20.1 Å². The van der Waals surface area contributed by atoms with Crippen LogP contribution in [0, 0.1) is 0 Å². The number of carboxylic acids is 1. The van der Waals surface area contributed by atoms with Crippen LogP contribution in [0.5, 0.6) is 5.75 Å². The third-order valence-corrected chi connectivity index (χ3v) is 3.85. The molecule has 0 aliphatic rings. The molecule has 0 saturated carbocycles. The lowest BCUT2D eigenvalue weighted by Crippen LogP contribution is -2.47. The van der Waals surface area contributed by atoms with E-state index in [1.54, 1.807) is 25.1 Å². The lowest BCUT2D eigenvalue weighted by Gasteiger charge is -2.27. The van der Waals surface area contributed by atoms with E-state index in [1.165, 1.54) is 18.7 Å². The average molecular weight is 371 g/mol. The average Bonchev–Trinajstić information content (AvgIpc) is 2.53. The third-order valence-electron chi connectivity index (χ3n) is 3.55. The number of aliphatic carboxylic acids is 1. The molecule has 0 aromatic heterocycles. The zero-order chi connectivity index (χ0) is 19.0. The van der Waals surface area contributed by atoms with Gasteiger partial charge in [0.2, 0.25) is 11.8 Å². The lowest BCUT2D eigenvalue weighted by molar-refractivity contribution is -0.149. The molecule has 7 nitrogen and oxygen atoms in total. The number of hydrogen-bond acceptors (Lipinski definition) is 4. The van der Waals surface area contributed by atoms with Gasteiger partial charge in [-0.1, -0.05) is 23.7 Å². The summed E-state index contributed by atoms with van der Waals surface area (Å²) in [7, 11) is 0. The van der Waals surface area contributed by atoms with E-state index in [2.05, 4.69) is 5.32 Å². The van der Waals surface area contributed by atoms with Crippen molar-refractivity contribution in [3.8, 4) is 5.75 Å². The summed E-state index contributed by atoms with van der Waals surface area (Å²) in [4.78, 5) is 36.1. The van der Waals surface area contributed by atoms with Gasteiger partial charge in [-0.3, -0.25) is 9.59 Å². The second kappa shape index (κ2) is 9.88. The molecule has 1 rings (SSSR count). The van der Waals surface area contributed by atoms with E-state index in [1.807, 2.05) is 0 Å². The van der Waals surface area contributed by atoms with Gasteiger partial charge in [0, 0.05) is 25.6 Å². The van der Waals surface area contributed by atoms with Gasteiger partial charge in [0.1, 0.15) is 11.8 Å². The molecule has 0 aliphatic carbocycles. The van der Waals surface area contributed by atoms with E-state index < -0.39 is 12.0 Å². The van der Waals surface area contributed by atoms with Gasteiger partial charge in [0.15, 0.2) is 0 Å². The van der Waals surface area contributed by atoms with Gasteiger partial charge in [0.05, 0.1) is 18.1 Å². The Bertz CT molecular complexity index is 635. The number of rotatable bonds is 9. The molecule has 0 heterocycles. The largest absolute Gasteiger partial charge is 0.492 e. The van der Waals surface area contributed by atoms with Crippen LogP contribution in [0.1, 0.15) is 26.3 Å². The van der Waals surface area contributed by atoms with Crippen molar-refractivity contribution in [2.45, 2.75) is 33.2 Å². The first-order valence-electron chi connectivity index (χ1n) is 7.94. The molecule has 1 aromatic rings. The number of benzene rings is 1. The summed E-state index contributed by atoms with van der Waals surface area (Å²) in [6.07, 6.45) is -0.0480. The predicted molar refractivity (Wildman–Crippen MR) is 93.8 cm³/mol. The van der Waals surface area contributed by atoms with Gasteiger partial charge in [-0.05, 0) is 19.9 Å². The molecule has 1 aromatic carbocycles. The van der Waals surface area contributed by atoms with E-state index >= 15 is 0 Å². The van der Waals surface area contributed by atoms with E-state index in [0.29, 0.717) is 22.9 Å². The van der Waals surface area contributed by atoms with Crippen LogP contribution in [-0.4, -0.2) is 53.5 Å². The molecule has 0 bridgehead atoms. The second-order valence-corrected chi connectivity index (χ2v) is 5.83. The quantitative estimate of drug-likeness (QED) is 0.690. The number of carbonyl (C=O) groups excluding carboxylic acids is 2. The van der Waals surface area contributed by atoms with Crippen LogP contribution in [0.15, 0.2) is 18.2 Å². The fraction of sp³-hybridized carbons (Fsp3) is 0.471. The monoisotopic (exact) mass is 370 g/mol. The molecule has 8 heteroatoms. The minimum absolute atomic E-state index is 0.0480. The van der Waals surface area contributed by atoms with Crippen LogP contribution >= 0.6 is 11.6 Å². The van der Waals surface area contributed by atoms with Crippen LogP contribution in [0.2, 0.25) is 5.02 Å².